The van der Waals surface area contributed by atoms with Crippen molar-refractivity contribution in [3.8, 4) is 0 Å². The first-order valence-corrected chi connectivity index (χ1v) is 9.14. The quantitative estimate of drug-likeness (QED) is 0.679. The summed E-state index contributed by atoms with van der Waals surface area (Å²) in [5, 5.41) is 7.52. The molecule has 0 aliphatic rings. The van der Waals surface area contributed by atoms with Crippen LogP contribution in [-0.2, 0) is 6.42 Å². The maximum absolute atomic E-state index is 3.69. The molecule has 116 valence electrons. The van der Waals surface area contributed by atoms with E-state index >= 15 is 0 Å². The summed E-state index contributed by atoms with van der Waals surface area (Å²) in [6.45, 7) is 11.5. The van der Waals surface area contributed by atoms with Gasteiger partial charge in [0, 0.05) is 11.2 Å². The molecule has 21 heavy (non-hydrogen) atoms. The Balaban J connectivity index is 2.15. The second kappa shape index (κ2) is 7.42. The van der Waals surface area contributed by atoms with Gasteiger partial charge in [0.15, 0.2) is 0 Å². The van der Waals surface area contributed by atoms with Gasteiger partial charge in [0.2, 0.25) is 0 Å². The molecule has 0 unspecified atom stereocenters. The fraction of sp³-hybridized carbons (Fsp3) is 0.579. The molecule has 1 heterocycles. The molecule has 0 atom stereocenters. The lowest BCUT2D eigenvalue weighted by Gasteiger charge is -2.32. The molecule has 1 nitrogen and oxygen atoms in total. The maximum Gasteiger partial charge on any atom is 0.0345 e. The molecule has 2 heteroatoms. The lowest BCUT2D eigenvalue weighted by molar-refractivity contribution is 0.244. The van der Waals surface area contributed by atoms with Crippen LogP contribution >= 0.6 is 11.3 Å². The van der Waals surface area contributed by atoms with Gasteiger partial charge in [-0.3, -0.25) is 0 Å². The van der Waals surface area contributed by atoms with E-state index in [-0.39, 0.29) is 0 Å². The molecule has 0 aliphatic carbocycles. The smallest absolute Gasteiger partial charge is 0.0345 e. The number of nitrogens with one attached hydrogen (secondary N) is 1. The SMILES string of the molecule is CCC(CC)(CNCC(C)C)Cc1csc2ccccc12. The second-order valence-electron chi connectivity index (χ2n) is 6.67. The highest BCUT2D eigenvalue weighted by Gasteiger charge is 2.27. The normalized spacial score (nSPS) is 12.4. The van der Waals surface area contributed by atoms with Crippen molar-refractivity contribution in [2.75, 3.05) is 13.1 Å². The van der Waals surface area contributed by atoms with Gasteiger partial charge in [-0.15, -0.1) is 11.3 Å². The average Bonchev–Trinajstić information content (AvgIpc) is 2.89. The molecule has 1 aromatic carbocycles. The summed E-state index contributed by atoms with van der Waals surface area (Å²) in [7, 11) is 0. The first-order chi connectivity index (χ1) is 10.1. The van der Waals surface area contributed by atoms with Gasteiger partial charge < -0.3 is 5.32 Å². The molecule has 0 amide bonds. The topological polar surface area (TPSA) is 12.0 Å². The fourth-order valence-electron chi connectivity index (χ4n) is 3.01. The van der Waals surface area contributed by atoms with E-state index in [1.54, 1.807) is 0 Å². The Bertz CT molecular complexity index is 551. The van der Waals surface area contributed by atoms with E-state index < -0.39 is 0 Å². The summed E-state index contributed by atoms with van der Waals surface area (Å²) in [4.78, 5) is 0. The number of fused-ring (bicyclic) bond motifs is 1. The van der Waals surface area contributed by atoms with Crippen LogP contribution in [0, 0.1) is 11.3 Å². The van der Waals surface area contributed by atoms with E-state index in [0.717, 1.165) is 19.0 Å². The first-order valence-electron chi connectivity index (χ1n) is 8.26. The molecule has 1 aromatic heterocycles. The second-order valence-corrected chi connectivity index (χ2v) is 7.58. The lowest BCUT2D eigenvalue weighted by atomic mass is 9.76. The fourth-order valence-corrected chi connectivity index (χ4v) is 3.97. The Morgan fingerprint density at radius 2 is 1.86 bits per heavy atom. The average molecular weight is 304 g/mol. The molecule has 0 saturated heterocycles. The van der Waals surface area contributed by atoms with Gasteiger partial charge in [-0.1, -0.05) is 45.9 Å². The van der Waals surface area contributed by atoms with E-state index in [4.69, 9.17) is 0 Å². The maximum atomic E-state index is 3.69. The Kier molecular flexibility index (Phi) is 5.83. The minimum atomic E-state index is 0.388. The van der Waals surface area contributed by atoms with Crippen molar-refractivity contribution in [1.82, 2.24) is 5.32 Å². The predicted octanol–water partition coefficient (Wildman–Crippen LogP) is 5.50. The summed E-state index contributed by atoms with van der Waals surface area (Å²) in [5.74, 6) is 0.721. The summed E-state index contributed by atoms with van der Waals surface area (Å²) >= 11 is 1.88. The van der Waals surface area contributed by atoms with Crippen LogP contribution in [0.2, 0.25) is 0 Å². The molecule has 2 aromatic rings. The minimum absolute atomic E-state index is 0.388. The van der Waals surface area contributed by atoms with E-state index in [1.807, 2.05) is 11.3 Å². The number of thiophene rings is 1. The van der Waals surface area contributed by atoms with Crippen molar-refractivity contribution in [1.29, 1.82) is 0 Å². The highest BCUT2D eigenvalue weighted by molar-refractivity contribution is 7.17. The van der Waals surface area contributed by atoms with Crippen LogP contribution in [-0.4, -0.2) is 13.1 Å². The van der Waals surface area contributed by atoms with Gasteiger partial charge in [-0.2, -0.15) is 0 Å². The summed E-state index contributed by atoms with van der Waals surface area (Å²) in [6, 6.07) is 8.81. The van der Waals surface area contributed by atoms with Crippen molar-refractivity contribution < 1.29 is 0 Å². The van der Waals surface area contributed by atoms with Gasteiger partial charge >= 0.3 is 0 Å². The van der Waals surface area contributed by atoms with E-state index in [0.29, 0.717) is 5.41 Å². The molecular weight excluding hydrogens is 274 g/mol. The van der Waals surface area contributed by atoms with Crippen LogP contribution in [0.1, 0.15) is 46.1 Å². The van der Waals surface area contributed by atoms with Crippen molar-refractivity contribution >= 4 is 21.4 Å². The summed E-state index contributed by atoms with van der Waals surface area (Å²) < 4.78 is 1.42. The van der Waals surface area contributed by atoms with Gasteiger partial charge in [-0.25, -0.2) is 0 Å². The van der Waals surface area contributed by atoms with Crippen LogP contribution in [0.15, 0.2) is 29.6 Å². The molecule has 0 radical (unpaired) electrons. The monoisotopic (exact) mass is 303 g/mol. The summed E-state index contributed by atoms with van der Waals surface area (Å²) in [6.07, 6.45) is 3.66. The molecule has 0 saturated carbocycles. The number of benzene rings is 1. The van der Waals surface area contributed by atoms with Crippen molar-refractivity contribution in [3.05, 3.63) is 35.2 Å². The van der Waals surface area contributed by atoms with Gasteiger partial charge in [0.1, 0.15) is 0 Å². The Hall–Kier alpha value is -0.860. The highest BCUT2D eigenvalue weighted by atomic mass is 32.1. The summed E-state index contributed by atoms with van der Waals surface area (Å²) in [5.41, 5.74) is 1.92. The molecule has 2 rings (SSSR count). The molecular formula is C19H29NS. The molecule has 1 N–H and O–H groups in total. The third kappa shape index (κ3) is 4.08. The zero-order valence-corrected chi connectivity index (χ0v) is 14.7. The predicted molar refractivity (Wildman–Crippen MR) is 96.3 cm³/mol. The third-order valence-electron chi connectivity index (χ3n) is 4.68. The van der Waals surface area contributed by atoms with E-state index in [1.165, 1.54) is 34.9 Å². The Morgan fingerprint density at radius 1 is 1.14 bits per heavy atom. The van der Waals surface area contributed by atoms with Crippen molar-refractivity contribution in [3.63, 3.8) is 0 Å². The molecule has 0 spiro atoms. The Morgan fingerprint density at radius 3 is 2.52 bits per heavy atom. The van der Waals surface area contributed by atoms with E-state index in [2.05, 4.69) is 62.7 Å². The lowest BCUT2D eigenvalue weighted by Crippen LogP contribution is -2.36. The molecule has 0 aliphatic heterocycles. The molecule has 0 fully saturated rings. The van der Waals surface area contributed by atoms with Gasteiger partial charge in [0.25, 0.3) is 0 Å². The van der Waals surface area contributed by atoms with Crippen LogP contribution in [0.4, 0.5) is 0 Å². The first kappa shape index (κ1) is 16.5. The largest absolute Gasteiger partial charge is 0.316 e. The number of hydrogen-bond acceptors (Lipinski definition) is 2. The van der Waals surface area contributed by atoms with Gasteiger partial charge in [-0.05, 0) is 59.5 Å². The van der Waals surface area contributed by atoms with E-state index in [9.17, 15) is 0 Å². The minimum Gasteiger partial charge on any atom is -0.316 e. The third-order valence-corrected chi connectivity index (χ3v) is 5.69. The zero-order valence-electron chi connectivity index (χ0n) is 13.9. The standard InChI is InChI=1S/C19H29NS/c1-5-19(6-2,14-20-12-15(3)4)11-16-13-21-18-10-8-7-9-17(16)18/h7-10,13,15,20H,5-6,11-12,14H2,1-4H3. The van der Waals surface area contributed by atoms with Gasteiger partial charge in [0.05, 0.1) is 0 Å². The van der Waals surface area contributed by atoms with Crippen molar-refractivity contribution in [2.45, 2.75) is 47.0 Å². The number of hydrogen-bond donors (Lipinski definition) is 1. The van der Waals surface area contributed by atoms with Crippen LogP contribution in [0.3, 0.4) is 0 Å². The Labute approximate surface area is 133 Å². The number of rotatable bonds is 8. The highest BCUT2D eigenvalue weighted by Crippen LogP contribution is 2.35. The van der Waals surface area contributed by atoms with Crippen LogP contribution in [0.5, 0.6) is 0 Å². The van der Waals surface area contributed by atoms with Crippen molar-refractivity contribution in [2.24, 2.45) is 11.3 Å². The molecule has 0 bridgehead atoms. The van der Waals surface area contributed by atoms with Crippen LogP contribution in [0.25, 0.3) is 10.1 Å². The zero-order chi connectivity index (χ0) is 15.3. The van der Waals surface area contributed by atoms with Crippen LogP contribution < -0.4 is 5.32 Å².